The number of likely N-dealkylation sites (N-methyl/N-ethyl adjacent to an activating group) is 1. The fraction of sp³-hybridized carbons (Fsp3) is 0.235. The largest absolute Gasteiger partial charge is 0.478 e. The number of aromatic nitrogens is 1. The summed E-state index contributed by atoms with van der Waals surface area (Å²) < 4.78 is 0. The van der Waals surface area contributed by atoms with Crippen LogP contribution >= 0.6 is 11.6 Å². The molecule has 1 saturated heterocycles. The number of anilines is 2. The third-order valence-corrected chi connectivity index (χ3v) is 8.64. The lowest BCUT2D eigenvalue weighted by Crippen LogP contribution is -2.49. The zero-order valence-electron chi connectivity index (χ0n) is 24.3. The van der Waals surface area contributed by atoms with Gasteiger partial charge in [0, 0.05) is 72.6 Å². The van der Waals surface area contributed by atoms with Crippen LogP contribution in [0.2, 0.25) is 5.02 Å². The summed E-state index contributed by atoms with van der Waals surface area (Å²) in [7, 11) is 2.12. The Bertz CT molecular complexity index is 1700. The van der Waals surface area contributed by atoms with Crippen molar-refractivity contribution in [3.05, 3.63) is 112 Å². The Kier molecular flexibility index (Phi) is 8.32. The van der Waals surface area contributed by atoms with Crippen molar-refractivity contribution in [1.82, 2.24) is 14.8 Å². The molecule has 2 aliphatic rings. The number of hydrogen-bond acceptors (Lipinski definition) is 6. The van der Waals surface area contributed by atoms with E-state index in [0.717, 1.165) is 54.1 Å². The highest BCUT2D eigenvalue weighted by Crippen LogP contribution is 2.40. The molecule has 1 atom stereocenters. The number of halogens is 1. The van der Waals surface area contributed by atoms with Crippen LogP contribution in [0.4, 0.5) is 11.4 Å². The molecule has 1 N–H and O–H groups in total. The molecular weight excluding hydrogens is 578 g/mol. The molecule has 2 amide bonds. The van der Waals surface area contributed by atoms with Gasteiger partial charge in [-0.15, -0.1) is 0 Å². The molecule has 44 heavy (non-hydrogen) atoms. The second kappa shape index (κ2) is 12.5. The van der Waals surface area contributed by atoms with E-state index in [0.29, 0.717) is 35.6 Å². The summed E-state index contributed by atoms with van der Waals surface area (Å²) >= 11 is 6.23. The predicted molar refractivity (Wildman–Crippen MR) is 170 cm³/mol. The number of nitrogens with zero attached hydrogens (tertiary/aromatic N) is 5. The van der Waals surface area contributed by atoms with E-state index in [1.54, 1.807) is 35.4 Å². The molecule has 224 valence electrons. The van der Waals surface area contributed by atoms with Gasteiger partial charge < -0.3 is 19.8 Å². The van der Waals surface area contributed by atoms with E-state index in [2.05, 4.69) is 27.9 Å². The fourth-order valence-corrected chi connectivity index (χ4v) is 6.26. The molecule has 0 aliphatic carbocycles. The van der Waals surface area contributed by atoms with Crippen LogP contribution in [0.3, 0.4) is 0 Å². The molecule has 0 radical (unpaired) electrons. The molecule has 4 aromatic rings. The van der Waals surface area contributed by atoms with Gasteiger partial charge in [-0.05, 0) is 73.1 Å². The molecule has 3 aromatic carbocycles. The molecule has 0 spiro atoms. The minimum atomic E-state index is -1.06. The number of carbonyl (C=O) groups excluding carboxylic acids is 2. The van der Waals surface area contributed by atoms with Gasteiger partial charge in [0.15, 0.2) is 0 Å². The first kappa shape index (κ1) is 29.3. The summed E-state index contributed by atoms with van der Waals surface area (Å²) in [5, 5.41) is 10.0. The Labute approximate surface area is 260 Å². The van der Waals surface area contributed by atoms with Crippen LogP contribution in [0.15, 0.2) is 85.2 Å². The molecule has 0 bridgehead atoms. The highest BCUT2D eigenvalue weighted by atomic mass is 35.5. The Morgan fingerprint density at radius 3 is 2.36 bits per heavy atom. The molecule has 1 aromatic heterocycles. The number of fused-ring (bicyclic) bond motifs is 1. The first-order valence-corrected chi connectivity index (χ1v) is 14.9. The number of piperazine rings is 1. The van der Waals surface area contributed by atoms with E-state index in [1.165, 1.54) is 23.2 Å². The summed E-state index contributed by atoms with van der Waals surface area (Å²) in [6.07, 6.45) is 3.79. The lowest BCUT2D eigenvalue weighted by Gasteiger charge is -2.44. The van der Waals surface area contributed by atoms with Crippen LogP contribution in [-0.2, 0) is 11.2 Å². The second-order valence-corrected chi connectivity index (χ2v) is 11.5. The molecular formula is C34H32ClN5O4. The first-order valence-electron chi connectivity index (χ1n) is 14.5. The summed E-state index contributed by atoms with van der Waals surface area (Å²) in [4.78, 5) is 50.9. The van der Waals surface area contributed by atoms with Gasteiger partial charge in [-0.1, -0.05) is 35.9 Å². The minimum absolute atomic E-state index is 0.109. The average Bonchev–Trinajstić information content (AvgIpc) is 3.05. The highest BCUT2D eigenvalue weighted by molar-refractivity contribution is 6.30. The van der Waals surface area contributed by atoms with Crippen LogP contribution in [0.5, 0.6) is 0 Å². The smallest absolute Gasteiger partial charge is 0.335 e. The number of amides is 2. The van der Waals surface area contributed by atoms with Crippen LogP contribution in [0.25, 0.3) is 11.1 Å². The molecule has 9 nitrogen and oxygen atoms in total. The van der Waals surface area contributed by atoms with Gasteiger partial charge in [-0.25, -0.2) is 4.79 Å². The molecule has 1 fully saturated rings. The first-order chi connectivity index (χ1) is 21.3. The lowest BCUT2D eigenvalue weighted by atomic mass is 9.92. The summed E-state index contributed by atoms with van der Waals surface area (Å²) in [5.41, 5.74) is 5.64. The normalized spacial score (nSPS) is 16.7. The van der Waals surface area contributed by atoms with E-state index >= 15 is 0 Å². The van der Waals surface area contributed by atoms with Crippen molar-refractivity contribution in [3.8, 4) is 11.1 Å². The van der Waals surface area contributed by atoms with Gasteiger partial charge >= 0.3 is 5.97 Å². The van der Waals surface area contributed by atoms with E-state index in [4.69, 9.17) is 11.6 Å². The third kappa shape index (κ3) is 5.76. The van der Waals surface area contributed by atoms with Crippen molar-refractivity contribution < 1.29 is 19.5 Å². The third-order valence-electron chi connectivity index (χ3n) is 8.40. The zero-order valence-corrected chi connectivity index (χ0v) is 25.0. The second-order valence-electron chi connectivity index (χ2n) is 11.1. The van der Waals surface area contributed by atoms with Crippen molar-refractivity contribution in [2.45, 2.75) is 12.6 Å². The SMILES string of the molecule is CN1CCN(c2cccc3c2CCN(C(=O)c2cncc(-c4cccc(Cl)c4)c2)C3N(C=O)c2ccc(C(=O)O)cc2)CC1. The maximum Gasteiger partial charge on any atom is 0.335 e. The summed E-state index contributed by atoms with van der Waals surface area (Å²) in [6, 6.07) is 21.3. The molecule has 0 saturated carbocycles. The van der Waals surface area contributed by atoms with Crippen molar-refractivity contribution >= 4 is 41.3 Å². The van der Waals surface area contributed by atoms with Gasteiger partial charge in [0.1, 0.15) is 6.17 Å². The van der Waals surface area contributed by atoms with Gasteiger partial charge in [0.2, 0.25) is 6.41 Å². The van der Waals surface area contributed by atoms with Gasteiger partial charge in [-0.3, -0.25) is 19.5 Å². The summed E-state index contributed by atoms with van der Waals surface area (Å²) in [5.74, 6) is -1.33. The summed E-state index contributed by atoms with van der Waals surface area (Å²) in [6.45, 7) is 4.04. The standard InChI is InChI=1S/C34H32ClN5O4/c1-37-14-16-38(17-15-37)31-7-3-6-30-29(31)12-13-39(32(30)40(22-41)28-10-8-23(9-11-28)34(43)44)33(42)26-18-25(20-36-21-26)24-4-2-5-27(35)19-24/h2-11,18-22,32H,12-17H2,1H3,(H,43,44). The van der Waals surface area contributed by atoms with Crippen molar-refractivity contribution in [2.24, 2.45) is 0 Å². The number of carboxylic acid groups (broad SMARTS) is 1. The minimum Gasteiger partial charge on any atom is -0.478 e. The molecule has 2 aliphatic heterocycles. The van der Waals surface area contributed by atoms with E-state index in [1.807, 2.05) is 30.3 Å². The monoisotopic (exact) mass is 609 g/mol. The lowest BCUT2D eigenvalue weighted by molar-refractivity contribution is -0.108. The molecule has 3 heterocycles. The number of hydrogen-bond donors (Lipinski definition) is 1. The van der Waals surface area contributed by atoms with Crippen molar-refractivity contribution in [2.75, 3.05) is 49.6 Å². The highest BCUT2D eigenvalue weighted by Gasteiger charge is 2.38. The molecule has 6 rings (SSSR count). The van der Waals surface area contributed by atoms with Crippen LogP contribution < -0.4 is 9.80 Å². The van der Waals surface area contributed by atoms with Crippen molar-refractivity contribution in [1.29, 1.82) is 0 Å². The average molecular weight is 610 g/mol. The quantitative estimate of drug-likeness (QED) is 0.287. The van der Waals surface area contributed by atoms with Gasteiger partial charge in [0.05, 0.1) is 11.1 Å². The van der Waals surface area contributed by atoms with Crippen molar-refractivity contribution in [3.63, 3.8) is 0 Å². The Morgan fingerprint density at radius 1 is 0.909 bits per heavy atom. The number of carboxylic acids is 1. The zero-order chi connectivity index (χ0) is 30.8. The maximum absolute atomic E-state index is 14.3. The van der Waals surface area contributed by atoms with Crippen LogP contribution in [0, 0.1) is 0 Å². The number of aromatic carboxylic acids is 1. The van der Waals surface area contributed by atoms with E-state index in [9.17, 15) is 19.5 Å². The Morgan fingerprint density at radius 2 is 1.66 bits per heavy atom. The van der Waals surface area contributed by atoms with Crippen LogP contribution in [0.1, 0.15) is 38.0 Å². The Hall–Kier alpha value is -4.73. The Balaban J connectivity index is 1.43. The topological polar surface area (TPSA) is 97.3 Å². The predicted octanol–water partition coefficient (Wildman–Crippen LogP) is 5.21. The van der Waals surface area contributed by atoms with E-state index < -0.39 is 12.1 Å². The number of benzene rings is 3. The van der Waals surface area contributed by atoms with E-state index in [-0.39, 0.29) is 11.5 Å². The van der Waals surface area contributed by atoms with Crippen LogP contribution in [-0.4, -0.2) is 77.9 Å². The number of pyridine rings is 1. The number of carbonyl (C=O) groups is 3. The number of rotatable bonds is 7. The maximum atomic E-state index is 14.3. The van der Waals surface area contributed by atoms with Gasteiger partial charge in [0.25, 0.3) is 5.91 Å². The fourth-order valence-electron chi connectivity index (χ4n) is 6.07. The molecule has 10 heteroatoms. The van der Waals surface area contributed by atoms with Gasteiger partial charge in [-0.2, -0.15) is 0 Å². The molecule has 1 unspecified atom stereocenters.